The van der Waals surface area contributed by atoms with Gasteiger partial charge in [0.05, 0.1) is 12.1 Å². The molecule has 4 heteroatoms. The molecule has 0 aliphatic carbocycles. The summed E-state index contributed by atoms with van der Waals surface area (Å²) >= 11 is 5.70. The summed E-state index contributed by atoms with van der Waals surface area (Å²) < 4.78 is 0. The van der Waals surface area contributed by atoms with Crippen LogP contribution in [0.15, 0.2) is 48.5 Å². The molecule has 2 rings (SSSR count). The molecule has 0 saturated carbocycles. The summed E-state index contributed by atoms with van der Waals surface area (Å²) in [6.07, 6.45) is 0. The Morgan fingerprint density at radius 1 is 1.20 bits per heavy atom. The summed E-state index contributed by atoms with van der Waals surface area (Å²) in [7, 11) is 0. The van der Waals surface area contributed by atoms with E-state index in [1.54, 1.807) is 6.07 Å². The van der Waals surface area contributed by atoms with Gasteiger partial charge in [0.25, 0.3) is 5.91 Å². The van der Waals surface area contributed by atoms with Crippen molar-refractivity contribution in [1.82, 2.24) is 5.32 Å². The van der Waals surface area contributed by atoms with Gasteiger partial charge in [-0.1, -0.05) is 41.6 Å². The van der Waals surface area contributed by atoms with Crippen molar-refractivity contribution in [2.45, 2.75) is 0 Å². The molecule has 0 spiro atoms. The fourth-order valence-corrected chi connectivity index (χ4v) is 1.75. The molecule has 0 aliphatic rings. The van der Waals surface area contributed by atoms with Crippen molar-refractivity contribution >= 4 is 17.5 Å². The molecule has 100 valence electrons. The van der Waals surface area contributed by atoms with E-state index in [9.17, 15) is 9.90 Å². The molecule has 0 unspecified atom stereocenters. The van der Waals surface area contributed by atoms with Crippen molar-refractivity contribution < 1.29 is 9.90 Å². The van der Waals surface area contributed by atoms with Crippen molar-refractivity contribution in [3.63, 3.8) is 0 Å². The predicted molar refractivity (Wildman–Crippen MR) is 78.8 cm³/mol. The van der Waals surface area contributed by atoms with E-state index >= 15 is 0 Å². The quantitative estimate of drug-likeness (QED) is 0.834. The fourth-order valence-electron chi connectivity index (χ4n) is 1.58. The number of carbonyl (C=O) groups excluding carboxylic acids is 1. The lowest BCUT2D eigenvalue weighted by Crippen LogP contribution is -2.23. The second-order valence-electron chi connectivity index (χ2n) is 4.01. The molecule has 0 radical (unpaired) electrons. The van der Waals surface area contributed by atoms with Crippen LogP contribution in [0.25, 0.3) is 0 Å². The van der Waals surface area contributed by atoms with Crippen LogP contribution in [0.3, 0.4) is 0 Å². The second kappa shape index (κ2) is 6.65. The number of benzene rings is 2. The molecule has 2 aromatic rings. The summed E-state index contributed by atoms with van der Waals surface area (Å²) in [5, 5.41) is 12.6. The number of carbonyl (C=O) groups is 1. The molecule has 0 heterocycles. The summed E-state index contributed by atoms with van der Waals surface area (Å²) in [6.45, 7) is 0.204. The van der Waals surface area contributed by atoms with Crippen LogP contribution in [0.4, 0.5) is 0 Å². The topological polar surface area (TPSA) is 49.3 Å². The van der Waals surface area contributed by atoms with Gasteiger partial charge in [0.2, 0.25) is 0 Å². The average molecular weight is 286 g/mol. The zero-order valence-corrected chi connectivity index (χ0v) is 11.3. The second-order valence-corrected chi connectivity index (χ2v) is 4.45. The summed E-state index contributed by atoms with van der Waals surface area (Å²) in [6, 6.07) is 13.8. The standard InChI is InChI=1S/C16H12ClNO2/c17-13-8-9-14(15(19)11-13)16(20)18-10-4-7-12-5-2-1-3-6-12/h1-3,5-6,8-9,11,19H,10H2,(H,18,20). The molecule has 2 N–H and O–H groups in total. The van der Waals surface area contributed by atoms with Crippen molar-refractivity contribution in [1.29, 1.82) is 0 Å². The largest absolute Gasteiger partial charge is 0.507 e. The number of hydrogen-bond donors (Lipinski definition) is 2. The van der Waals surface area contributed by atoms with Crippen LogP contribution in [0.2, 0.25) is 5.02 Å². The van der Waals surface area contributed by atoms with Crippen LogP contribution in [0, 0.1) is 11.8 Å². The van der Waals surface area contributed by atoms with Crippen molar-refractivity contribution in [3.05, 3.63) is 64.7 Å². The van der Waals surface area contributed by atoms with Gasteiger partial charge in [-0.05, 0) is 30.3 Å². The van der Waals surface area contributed by atoms with Gasteiger partial charge < -0.3 is 10.4 Å². The number of rotatable bonds is 2. The Balaban J connectivity index is 1.95. The van der Waals surface area contributed by atoms with Crippen molar-refractivity contribution in [2.75, 3.05) is 6.54 Å². The van der Waals surface area contributed by atoms with E-state index in [2.05, 4.69) is 17.2 Å². The van der Waals surface area contributed by atoms with E-state index in [0.717, 1.165) is 5.56 Å². The van der Waals surface area contributed by atoms with Crippen LogP contribution in [0.5, 0.6) is 5.75 Å². The Morgan fingerprint density at radius 3 is 2.65 bits per heavy atom. The number of amides is 1. The summed E-state index contributed by atoms with van der Waals surface area (Å²) in [5.74, 6) is 5.24. The highest BCUT2D eigenvalue weighted by molar-refractivity contribution is 6.30. The maximum Gasteiger partial charge on any atom is 0.255 e. The van der Waals surface area contributed by atoms with Gasteiger partial charge in [-0.2, -0.15) is 0 Å². The minimum Gasteiger partial charge on any atom is -0.507 e. The lowest BCUT2D eigenvalue weighted by atomic mass is 10.2. The zero-order valence-electron chi connectivity index (χ0n) is 10.6. The molecule has 3 nitrogen and oxygen atoms in total. The highest BCUT2D eigenvalue weighted by Crippen LogP contribution is 2.21. The van der Waals surface area contributed by atoms with Gasteiger partial charge >= 0.3 is 0 Å². The number of phenolic OH excluding ortho intramolecular Hbond substituents is 1. The van der Waals surface area contributed by atoms with Gasteiger partial charge in [-0.15, -0.1) is 0 Å². The zero-order chi connectivity index (χ0) is 14.4. The first kappa shape index (κ1) is 14.0. The Hall–Kier alpha value is -2.44. The molecular formula is C16H12ClNO2. The third-order valence-electron chi connectivity index (χ3n) is 2.55. The lowest BCUT2D eigenvalue weighted by molar-refractivity contribution is 0.0956. The van der Waals surface area contributed by atoms with Crippen LogP contribution < -0.4 is 5.32 Å². The Labute approximate surface area is 122 Å². The maximum atomic E-state index is 11.8. The number of halogens is 1. The molecular weight excluding hydrogens is 274 g/mol. The molecule has 0 aliphatic heterocycles. The van der Waals surface area contributed by atoms with E-state index in [-0.39, 0.29) is 23.8 Å². The van der Waals surface area contributed by atoms with Crippen molar-refractivity contribution in [2.24, 2.45) is 0 Å². The first-order valence-corrected chi connectivity index (χ1v) is 6.35. The molecule has 1 amide bonds. The first-order valence-electron chi connectivity index (χ1n) is 5.97. The smallest absolute Gasteiger partial charge is 0.255 e. The Bertz CT molecular complexity index is 672. The van der Waals surface area contributed by atoms with Crippen molar-refractivity contribution in [3.8, 4) is 17.6 Å². The summed E-state index contributed by atoms with van der Waals surface area (Å²) in [4.78, 5) is 11.8. The maximum absolute atomic E-state index is 11.8. The molecule has 0 aromatic heterocycles. The third kappa shape index (κ3) is 3.78. The predicted octanol–water partition coefficient (Wildman–Crippen LogP) is 2.83. The van der Waals surface area contributed by atoms with E-state index in [0.29, 0.717) is 5.02 Å². The average Bonchev–Trinajstić information content (AvgIpc) is 2.44. The Kier molecular flexibility index (Phi) is 4.65. The van der Waals surface area contributed by atoms with Gasteiger partial charge in [0, 0.05) is 10.6 Å². The van der Waals surface area contributed by atoms with E-state index in [1.807, 2.05) is 30.3 Å². The molecule has 0 atom stereocenters. The number of aromatic hydroxyl groups is 1. The molecule has 0 bridgehead atoms. The van der Waals surface area contributed by atoms with Crippen LogP contribution in [-0.4, -0.2) is 17.6 Å². The SMILES string of the molecule is O=C(NCC#Cc1ccccc1)c1ccc(Cl)cc1O. The molecule has 0 fully saturated rings. The number of nitrogens with one attached hydrogen (secondary N) is 1. The number of phenols is 1. The van der Waals surface area contributed by atoms with E-state index in [4.69, 9.17) is 11.6 Å². The highest BCUT2D eigenvalue weighted by Gasteiger charge is 2.09. The molecule has 20 heavy (non-hydrogen) atoms. The lowest BCUT2D eigenvalue weighted by Gasteiger charge is -2.04. The van der Waals surface area contributed by atoms with Gasteiger partial charge in [0.1, 0.15) is 5.75 Å². The van der Waals surface area contributed by atoms with Crippen LogP contribution >= 0.6 is 11.6 Å². The fraction of sp³-hybridized carbons (Fsp3) is 0.0625. The van der Waals surface area contributed by atoms with Crippen LogP contribution in [-0.2, 0) is 0 Å². The van der Waals surface area contributed by atoms with E-state index < -0.39 is 0 Å². The molecule has 0 saturated heterocycles. The van der Waals surface area contributed by atoms with Gasteiger partial charge in [-0.25, -0.2) is 0 Å². The van der Waals surface area contributed by atoms with E-state index in [1.165, 1.54) is 12.1 Å². The minimum atomic E-state index is -0.387. The summed E-state index contributed by atoms with van der Waals surface area (Å²) in [5.41, 5.74) is 1.06. The normalized spacial score (nSPS) is 9.45. The minimum absolute atomic E-state index is 0.147. The first-order chi connectivity index (χ1) is 9.66. The number of hydrogen-bond acceptors (Lipinski definition) is 2. The highest BCUT2D eigenvalue weighted by atomic mass is 35.5. The van der Waals surface area contributed by atoms with Crippen LogP contribution in [0.1, 0.15) is 15.9 Å². The third-order valence-corrected chi connectivity index (χ3v) is 2.78. The van der Waals surface area contributed by atoms with Gasteiger partial charge in [-0.3, -0.25) is 4.79 Å². The molecule has 2 aromatic carbocycles. The monoisotopic (exact) mass is 285 g/mol. The van der Waals surface area contributed by atoms with Gasteiger partial charge in [0.15, 0.2) is 0 Å². The Morgan fingerprint density at radius 2 is 1.95 bits per heavy atom.